The molecule has 1 aromatic heterocycles. The number of amides is 1. The third-order valence-corrected chi connectivity index (χ3v) is 3.67. The summed E-state index contributed by atoms with van der Waals surface area (Å²) in [7, 11) is 0. The topological polar surface area (TPSA) is 89.8 Å². The van der Waals surface area contributed by atoms with Gasteiger partial charge in [0.25, 0.3) is 0 Å². The molecular formula is C14H19BrN4O2. The maximum absolute atomic E-state index is 11.9. The van der Waals surface area contributed by atoms with Gasteiger partial charge in [-0.2, -0.15) is 0 Å². The van der Waals surface area contributed by atoms with Crippen LogP contribution in [0.4, 0.5) is 5.69 Å². The van der Waals surface area contributed by atoms with Crippen molar-refractivity contribution in [3.05, 3.63) is 27.1 Å². The summed E-state index contributed by atoms with van der Waals surface area (Å²) in [6.07, 6.45) is 1.23. The number of benzene rings is 1. The Labute approximate surface area is 130 Å². The summed E-state index contributed by atoms with van der Waals surface area (Å²) in [5, 5.41) is 6.12. The molecule has 0 atom stereocenters. The van der Waals surface area contributed by atoms with Gasteiger partial charge in [0.15, 0.2) is 0 Å². The number of aromatic nitrogens is 2. The number of carbonyl (C=O) groups excluding carboxylic acids is 1. The molecular weight excluding hydrogens is 336 g/mol. The summed E-state index contributed by atoms with van der Waals surface area (Å²) in [6.45, 7) is 4.96. The van der Waals surface area contributed by atoms with E-state index in [0.29, 0.717) is 29.2 Å². The molecule has 0 bridgehead atoms. The molecule has 0 aliphatic carbocycles. The minimum Gasteiger partial charge on any atom is -0.325 e. The maximum atomic E-state index is 11.9. The van der Waals surface area contributed by atoms with Crippen LogP contribution < -0.4 is 16.3 Å². The van der Waals surface area contributed by atoms with E-state index >= 15 is 0 Å². The quantitative estimate of drug-likeness (QED) is 0.600. The van der Waals surface area contributed by atoms with Crippen molar-refractivity contribution in [1.29, 1.82) is 0 Å². The molecule has 2 rings (SSSR count). The number of nitrogens with one attached hydrogen (secondary N) is 4. The summed E-state index contributed by atoms with van der Waals surface area (Å²) >= 11 is 3.39. The van der Waals surface area contributed by atoms with E-state index in [2.05, 4.69) is 50.4 Å². The molecule has 0 radical (unpaired) electrons. The molecule has 21 heavy (non-hydrogen) atoms. The van der Waals surface area contributed by atoms with Gasteiger partial charge in [-0.25, -0.2) is 4.79 Å². The van der Waals surface area contributed by atoms with Gasteiger partial charge >= 0.3 is 5.69 Å². The number of anilines is 1. The number of carbonyl (C=O) groups is 1. The second-order valence-electron chi connectivity index (χ2n) is 5.22. The first-order chi connectivity index (χ1) is 9.95. The Bertz CT molecular complexity index is 690. The van der Waals surface area contributed by atoms with Crippen molar-refractivity contribution in [2.75, 3.05) is 11.9 Å². The normalized spacial score (nSPS) is 11.2. The van der Waals surface area contributed by atoms with E-state index in [4.69, 9.17) is 0 Å². The molecule has 1 heterocycles. The number of imidazole rings is 1. The number of H-pyrrole nitrogens is 2. The predicted octanol–water partition coefficient (Wildman–Crippen LogP) is 2.34. The number of hydrogen-bond donors (Lipinski definition) is 4. The second-order valence-corrected chi connectivity index (χ2v) is 6.07. The Kier molecular flexibility index (Phi) is 5.19. The molecule has 1 amide bonds. The fourth-order valence-electron chi connectivity index (χ4n) is 2.00. The van der Waals surface area contributed by atoms with Gasteiger partial charge in [-0.15, -0.1) is 0 Å². The molecule has 0 spiro atoms. The summed E-state index contributed by atoms with van der Waals surface area (Å²) in [5.41, 5.74) is 1.76. The van der Waals surface area contributed by atoms with Crippen LogP contribution in [0.15, 0.2) is 21.4 Å². The summed E-state index contributed by atoms with van der Waals surface area (Å²) in [6, 6.07) is 3.93. The Morgan fingerprint density at radius 3 is 2.62 bits per heavy atom. The first-order valence-corrected chi connectivity index (χ1v) is 7.70. The van der Waals surface area contributed by atoms with Gasteiger partial charge in [0, 0.05) is 16.9 Å². The summed E-state index contributed by atoms with van der Waals surface area (Å²) < 4.78 is 0.735. The van der Waals surface area contributed by atoms with Crippen molar-refractivity contribution < 1.29 is 4.79 Å². The van der Waals surface area contributed by atoms with Crippen LogP contribution in [-0.2, 0) is 4.79 Å². The number of halogens is 1. The average Bonchev–Trinajstić information content (AvgIpc) is 2.74. The highest BCUT2D eigenvalue weighted by molar-refractivity contribution is 9.10. The first-order valence-electron chi connectivity index (χ1n) is 6.90. The van der Waals surface area contributed by atoms with Crippen molar-refractivity contribution in [3.63, 3.8) is 0 Å². The van der Waals surface area contributed by atoms with E-state index in [1.54, 1.807) is 12.1 Å². The van der Waals surface area contributed by atoms with Crippen LogP contribution in [0.5, 0.6) is 0 Å². The number of aromatic amines is 2. The molecule has 114 valence electrons. The first kappa shape index (κ1) is 15.8. The minimum absolute atomic E-state index is 0.0431. The van der Waals surface area contributed by atoms with Crippen molar-refractivity contribution in [1.82, 2.24) is 15.3 Å². The largest absolute Gasteiger partial charge is 0.325 e. The Morgan fingerprint density at radius 2 is 1.95 bits per heavy atom. The molecule has 4 N–H and O–H groups in total. The van der Waals surface area contributed by atoms with Crippen molar-refractivity contribution in [2.24, 2.45) is 0 Å². The van der Waals surface area contributed by atoms with Crippen LogP contribution >= 0.6 is 15.9 Å². The zero-order chi connectivity index (χ0) is 15.4. The molecule has 0 aliphatic heterocycles. The lowest BCUT2D eigenvalue weighted by Crippen LogP contribution is -2.24. The lowest BCUT2D eigenvalue weighted by Gasteiger charge is -2.09. The zero-order valence-electron chi connectivity index (χ0n) is 12.0. The summed E-state index contributed by atoms with van der Waals surface area (Å²) in [4.78, 5) is 28.5. The number of hydrogen-bond acceptors (Lipinski definition) is 3. The highest BCUT2D eigenvalue weighted by Crippen LogP contribution is 2.26. The summed E-state index contributed by atoms with van der Waals surface area (Å²) in [5.74, 6) is -0.0431. The van der Waals surface area contributed by atoms with Gasteiger partial charge in [-0.1, -0.05) is 13.8 Å². The SMILES string of the molecule is CC(C)NCCCC(=O)Nc1cc2[nH]c(=O)[nH]c2cc1Br. The molecule has 1 aromatic carbocycles. The lowest BCUT2D eigenvalue weighted by atomic mass is 10.2. The third-order valence-electron chi connectivity index (χ3n) is 3.01. The van der Waals surface area contributed by atoms with E-state index in [-0.39, 0.29) is 11.6 Å². The second kappa shape index (κ2) is 6.91. The van der Waals surface area contributed by atoms with Gasteiger partial charge in [0.1, 0.15) is 0 Å². The monoisotopic (exact) mass is 354 g/mol. The van der Waals surface area contributed by atoms with Crippen LogP contribution in [0.2, 0.25) is 0 Å². The molecule has 0 fully saturated rings. The molecule has 0 aliphatic rings. The molecule has 6 nitrogen and oxygen atoms in total. The number of fused-ring (bicyclic) bond motifs is 1. The Balaban J connectivity index is 1.97. The van der Waals surface area contributed by atoms with Crippen LogP contribution in [-0.4, -0.2) is 28.5 Å². The molecule has 2 aromatic rings. The molecule has 0 saturated heterocycles. The van der Waals surface area contributed by atoms with Gasteiger partial charge in [0.05, 0.1) is 16.7 Å². The van der Waals surface area contributed by atoms with Gasteiger partial charge in [-0.3, -0.25) is 4.79 Å². The van der Waals surface area contributed by atoms with Gasteiger partial charge in [-0.05, 0) is 41.0 Å². The third kappa shape index (κ3) is 4.44. The van der Waals surface area contributed by atoms with E-state index in [1.165, 1.54) is 0 Å². The van der Waals surface area contributed by atoms with Crippen LogP contribution in [0, 0.1) is 0 Å². The smallest absolute Gasteiger partial charge is 0.323 e. The van der Waals surface area contributed by atoms with Crippen LogP contribution in [0.1, 0.15) is 26.7 Å². The lowest BCUT2D eigenvalue weighted by molar-refractivity contribution is -0.116. The highest BCUT2D eigenvalue weighted by atomic mass is 79.9. The van der Waals surface area contributed by atoms with Crippen LogP contribution in [0.25, 0.3) is 11.0 Å². The standard InChI is InChI=1S/C14H19BrN4O2/c1-8(2)16-5-3-4-13(20)17-10-7-12-11(6-9(10)15)18-14(21)19-12/h6-8,16H,3-5H2,1-2H3,(H,17,20)(H2,18,19,21). The van der Waals surface area contributed by atoms with Crippen molar-refractivity contribution in [2.45, 2.75) is 32.7 Å². The fourth-order valence-corrected chi connectivity index (χ4v) is 2.45. The average molecular weight is 355 g/mol. The Hall–Kier alpha value is -1.60. The van der Waals surface area contributed by atoms with E-state index in [9.17, 15) is 9.59 Å². The zero-order valence-corrected chi connectivity index (χ0v) is 13.6. The molecule has 7 heteroatoms. The number of rotatable bonds is 6. The predicted molar refractivity (Wildman–Crippen MR) is 87.6 cm³/mol. The highest BCUT2D eigenvalue weighted by Gasteiger charge is 2.09. The maximum Gasteiger partial charge on any atom is 0.323 e. The van der Waals surface area contributed by atoms with E-state index in [1.807, 2.05) is 0 Å². The molecule has 0 unspecified atom stereocenters. The van der Waals surface area contributed by atoms with Gasteiger partial charge < -0.3 is 20.6 Å². The van der Waals surface area contributed by atoms with E-state index < -0.39 is 0 Å². The van der Waals surface area contributed by atoms with Crippen molar-refractivity contribution >= 4 is 38.6 Å². The van der Waals surface area contributed by atoms with Gasteiger partial charge in [0.2, 0.25) is 5.91 Å². The minimum atomic E-state index is -0.264. The molecule has 0 saturated carbocycles. The van der Waals surface area contributed by atoms with E-state index in [0.717, 1.165) is 17.4 Å². The Morgan fingerprint density at radius 1 is 1.29 bits per heavy atom. The van der Waals surface area contributed by atoms with Crippen molar-refractivity contribution in [3.8, 4) is 0 Å². The van der Waals surface area contributed by atoms with Crippen LogP contribution in [0.3, 0.4) is 0 Å². The fraction of sp³-hybridized carbons (Fsp3) is 0.429.